The summed E-state index contributed by atoms with van der Waals surface area (Å²) >= 11 is 0. The van der Waals surface area contributed by atoms with Crippen LogP contribution in [0.2, 0.25) is 0 Å². The van der Waals surface area contributed by atoms with Gasteiger partial charge in [-0.2, -0.15) is 15.0 Å². The number of nitrogens with zero attached hydrogens (tertiary/aromatic N) is 5. The van der Waals surface area contributed by atoms with Crippen LogP contribution in [-0.4, -0.2) is 56.9 Å². The molecule has 2 aliphatic rings. The number of aromatic nitrogens is 3. The monoisotopic (exact) mass is 353 g/mol. The van der Waals surface area contributed by atoms with Gasteiger partial charge in [0.1, 0.15) is 6.54 Å². The van der Waals surface area contributed by atoms with Crippen molar-refractivity contribution < 1.29 is 4.79 Å². The minimum Gasteiger partial charge on any atom is -0.340 e. The number of rotatable bonds is 4. The Morgan fingerprint density at radius 3 is 2.50 bits per heavy atom. The number of hydrogen-bond acceptors (Lipinski definition) is 4. The summed E-state index contributed by atoms with van der Waals surface area (Å²) in [6.07, 6.45) is 8.00. The molecule has 6 nitrogen and oxygen atoms in total. The molecule has 1 aromatic heterocycles. The summed E-state index contributed by atoms with van der Waals surface area (Å²) in [5.41, 5.74) is 1.62. The van der Waals surface area contributed by atoms with Gasteiger partial charge in [-0.25, -0.2) is 0 Å². The topological polar surface area (TPSA) is 54.3 Å². The van der Waals surface area contributed by atoms with Gasteiger partial charge in [-0.3, -0.25) is 9.69 Å². The van der Waals surface area contributed by atoms with Crippen molar-refractivity contribution in [3.63, 3.8) is 0 Å². The molecule has 2 saturated heterocycles. The highest BCUT2D eigenvalue weighted by Gasteiger charge is 2.40. The summed E-state index contributed by atoms with van der Waals surface area (Å²) in [5, 5.41) is 8.13. The SMILES string of the molecule is O=C(Cn1nccn1)N1CCC[C@]2(CCCN(Cc3ccccc3)C2)C1. The van der Waals surface area contributed by atoms with Gasteiger partial charge in [0.15, 0.2) is 0 Å². The second-order valence-corrected chi connectivity index (χ2v) is 7.78. The van der Waals surface area contributed by atoms with Crippen molar-refractivity contribution >= 4 is 5.91 Å². The summed E-state index contributed by atoms with van der Waals surface area (Å²) in [6.45, 7) is 5.23. The zero-order valence-electron chi connectivity index (χ0n) is 15.3. The van der Waals surface area contributed by atoms with Crippen LogP contribution in [0.15, 0.2) is 42.7 Å². The molecule has 2 fully saturated rings. The lowest BCUT2D eigenvalue weighted by Crippen LogP contribution is -2.54. The Morgan fingerprint density at radius 2 is 1.73 bits per heavy atom. The number of likely N-dealkylation sites (tertiary alicyclic amines) is 2. The fraction of sp³-hybridized carbons (Fsp3) is 0.550. The van der Waals surface area contributed by atoms with E-state index < -0.39 is 0 Å². The number of hydrogen-bond donors (Lipinski definition) is 0. The highest BCUT2D eigenvalue weighted by Crippen LogP contribution is 2.38. The minimum atomic E-state index is 0.139. The van der Waals surface area contributed by atoms with E-state index in [1.54, 1.807) is 12.4 Å². The molecule has 1 aromatic carbocycles. The molecule has 0 N–H and O–H groups in total. The lowest BCUT2D eigenvalue weighted by molar-refractivity contribution is -0.137. The van der Waals surface area contributed by atoms with E-state index >= 15 is 0 Å². The molecule has 1 amide bonds. The summed E-state index contributed by atoms with van der Waals surface area (Å²) in [5.74, 6) is 0.139. The first-order valence-electron chi connectivity index (χ1n) is 9.61. The molecule has 0 aliphatic carbocycles. The van der Waals surface area contributed by atoms with Gasteiger partial charge < -0.3 is 4.90 Å². The van der Waals surface area contributed by atoms with E-state index in [1.807, 2.05) is 4.90 Å². The Labute approximate surface area is 154 Å². The molecule has 0 radical (unpaired) electrons. The number of benzene rings is 1. The van der Waals surface area contributed by atoms with Crippen molar-refractivity contribution in [3.05, 3.63) is 48.3 Å². The third-order valence-electron chi connectivity index (χ3n) is 5.75. The third-order valence-corrected chi connectivity index (χ3v) is 5.75. The molecule has 138 valence electrons. The van der Waals surface area contributed by atoms with Crippen LogP contribution >= 0.6 is 0 Å². The van der Waals surface area contributed by atoms with E-state index in [-0.39, 0.29) is 17.9 Å². The van der Waals surface area contributed by atoms with Gasteiger partial charge >= 0.3 is 0 Å². The summed E-state index contributed by atoms with van der Waals surface area (Å²) < 4.78 is 0. The number of piperidine rings is 2. The number of carbonyl (C=O) groups is 1. The van der Waals surface area contributed by atoms with Crippen LogP contribution < -0.4 is 0 Å². The molecule has 26 heavy (non-hydrogen) atoms. The Morgan fingerprint density at radius 1 is 1.00 bits per heavy atom. The van der Waals surface area contributed by atoms with E-state index in [2.05, 4.69) is 45.4 Å². The van der Waals surface area contributed by atoms with Gasteiger partial charge in [0, 0.05) is 31.6 Å². The first kappa shape index (κ1) is 17.2. The van der Waals surface area contributed by atoms with Crippen molar-refractivity contribution in [2.45, 2.75) is 38.8 Å². The van der Waals surface area contributed by atoms with E-state index in [0.717, 1.165) is 39.1 Å². The minimum absolute atomic E-state index is 0.139. The quantitative estimate of drug-likeness (QED) is 0.845. The van der Waals surface area contributed by atoms with Crippen LogP contribution in [0.3, 0.4) is 0 Å². The molecule has 1 spiro atoms. The van der Waals surface area contributed by atoms with Crippen molar-refractivity contribution in [3.8, 4) is 0 Å². The van der Waals surface area contributed by atoms with Crippen molar-refractivity contribution in [2.24, 2.45) is 5.41 Å². The zero-order valence-corrected chi connectivity index (χ0v) is 15.3. The maximum Gasteiger partial charge on any atom is 0.246 e. The van der Waals surface area contributed by atoms with Gasteiger partial charge in [-0.05, 0) is 37.8 Å². The smallest absolute Gasteiger partial charge is 0.246 e. The molecule has 0 bridgehead atoms. The summed E-state index contributed by atoms with van der Waals surface area (Å²) in [7, 11) is 0. The van der Waals surface area contributed by atoms with Crippen LogP contribution in [0.5, 0.6) is 0 Å². The van der Waals surface area contributed by atoms with Crippen LogP contribution in [-0.2, 0) is 17.9 Å². The fourth-order valence-electron chi connectivity index (χ4n) is 4.59. The molecule has 0 saturated carbocycles. The highest BCUT2D eigenvalue weighted by atomic mass is 16.2. The van der Waals surface area contributed by atoms with Crippen LogP contribution in [0, 0.1) is 5.41 Å². The normalized spacial score (nSPS) is 24.1. The van der Waals surface area contributed by atoms with E-state index in [0.29, 0.717) is 0 Å². The number of amides is 1. The van der Waals surface area contributed by atoms with Crippen LogP contribution in [0.4, 0.5) is 0 Å². The second-order valence-electron chi connectivity index (χ2n) is 7.78. The Balaban J connectivity index is 1.39. The summed E-state index contributed by atoms with van der Waals surface area (Å²) in [4.78, 5) is 18.8. The standard InChI is InChI=1S/C20H27N5O/c26-19(15-25-21-10-11-22-25)24-13-5-9-20(17-24)8-4-12-23(16-20)14-18-6-2-1-3-7-18/h1-3,6-7,10-11H,4-5,8-9,12-17H2/t20-/m0/s1. The van der Waals surface area contributed by atoms with E-state index in [4.69, 9.17) is 0 Å². The van der Waals surface area contributed by atoms with Gasteiger partial charge in [0.05, 0.1) is 12.4 Å². The maximum absolute atomic E-state index is 12.7. The second kappa shape index (κ2) is 7.58. The third kappa shape index (κ3) is 3.96. The average Bonchev–Trinajstić information content (AvgIpc) is 3.16. The molecule has 6 heteroatoms. The molecular weight excluding hydrogens is 326 g/mol. The Hall–Kier alpha value is -2.21. The van der Waals surface area contributed by atoms with Crippen molar-refractivity contribution in [2.75, 3.05) is 26.2 Å². The van der Waals surface area contributed by atoms with Crippen LogP contribution in [0.1, 0.15) is 31.2 Å². The molecule has 0 unspecified atom stereocenters. The molecule has 2 aliphatic heterocycles. The first-order valence-corrected chi connectivity index (χ1v) is 9.61. The molecule has 2 aromatic rings. The largest absolute Gasteiger partial charge is 0.340 e. The maximum atomic E-state index is 12.7. The van der Waals surface area contributed by atoms with Gasteiger partial charge in [0.2, 0.25) is 5.91 Å². The average molecular weight is 353 g/mol. The van der Waals surface area contributed by atoms with E-state index in [1.165, 1.54) is 29.6 Å². The fourth-order valence-corrected chi connectivity index (χ4v) is 4.59. The summed E-state index contributed by atoms with van der Waals surface area (Å²) in [6, 6.07) is 10.7. The highest BCUT2D eigenvalue weighted by molar-refractivity contribution is 5.76. The number of carbonyl (C=O) groups excluding carboxylic acids is 1. The van der Waals surface area contributed by atoms with Crippen LogP contribution in [0.25, 0.3) is 0 Å². The first-order chi connectivity index (χ1) is 12.7. The van der Waals surface area contributed by atoms with Crippen molar-refractivity contribution in [1.29, 1.82) is 0 Å². The molecular formula is C20H27N5O. The Bertz CT molecular complexity index is 713. The predicted molar refractivity (Wildman–Crippen MR) is 99.2 cm³/mol. The van der Waals surface area contributed by atoms with Gasteiger partial charge in [0.25, 0.3) is 0 Å². The van der Waals surface area contributed by atoms with Crippen molar-refractivity contribution in [1.82, 2.24) is 24.8 Å². The molecule has 1 atom stereocenters. The Kier molecular flexibility index (Phi) is 5.02. The lowest BCUT2D eigenvalue weighted by atomic mass is 9.73. The van der Waals surface area contributed by atoms with E-state index in [9.17, 15) is 4.79 Å². The lowest BCUT2D eigenvalue weighted by Gasteiger charge is -2.48. The van der Waals surface area contributed by atoms with Gasteiger partial charge in [-0.1, -0.05) is 30.3 Å². The zero-order chi connectivity index (χ0) is 17.8. The molecule has 4 rings (SSSR count). The van der Waals surface area contributed by atoms with Gasteiger partial charge in [-0.15, -0.1) is 0 Å². The predicted octanol–water partition coefficient (Wildman–Crippen LogP) is 2.18. The molecule has 3 heterocycles.